The van der Waals surface area contributed by atoms with E-state index in [4.69, 9.17) is 9.84 Å². The highest BCUT2D eigenvalue weighted by atomic mass is 16.5. The van der Waals surface area contributed by atoms with Crippen LogP contribution in [0.1, 0.15) is 13.3 Å². The molecule has 0 rings (SSSR count). The second kappa shape index (κ2) is 7.14. The molecule has 6 nitrogen and oxygen atoms in total. The van der Waals surface area contributed by atoms with Gasteiger partial charge in [-0.1, -0.05) is 0 Å². The lowest BCUT2D eigenvalue weighted by Crippen LogP contribution is -2.43. The molecule has 1 unspecified atom stereocenters. The summed E-state index contributed by atoms with van der Waals surface area (Å²) in [4.78, 5) is 21.1. The van der Waals surface area contributed by atoms with Crippen LogP contribution in [0.5, 0.6) is 0 Å². The standard InChI is InChI=1S/C8H16N2O4/c1-6(3-4-14-2)10-8(13)9-5-7(11)12/h6H,3-5H2,1-2H3,(H,11,12)(H2,9,10,13). The van der Waals surface area contributed by atoms with Crippen molar-refractivity contribution in [1.29, 1.82) is 0 Å². The highest BCUT2D eigenvalue weighted by Crippen LogP contribution is 1.89. The van der Waals surface area contributed by atoms with Crippen molar-refractivity contribution in [3.8, 4) is 0 Å². The molecule has 0 aliphatic rings. The quantitative estimate of drug-likeness (QED) is 0.559. The lowest BCUT2D eigenvalue weighted by molar-refractivity contribution is -0.135. The summed E-state index contributed by atoms with van der Waals surface area (Å²) in [6.45, 7) is 2.00. The van der Waals surface area contributed by atoms with Crippen LogP contribution >= 0.6 is 0 Å². The van der Waals surface area contributed by atoms with Crippen molar-refractivity contribution in [2.24, 2.45) is 0 Å². The number of carboxylic acid groups (broad SMARTS) is 1. The van der Waals surface area contributed by atoms with Crippen LogP contribution in [-0.2, 0) is 9.53 Å². The van der Waals surface area contributed by atoms with Crippen LogP contribution in [0.2, 0.25) is 0 Å². The van der Waals surface area contributed by atoms with E-state index in [-0.39, 0.29) is 12.6 Å². The first-order valence-electron chi connectivity index (χ1n) is 4.31. The van der Waals surface area contributed by atoms with Crippen LogP contribution in [0.4, 0.5) is 4.79 Å². The maximum Gasteiger partial charge on any atom is 0.323 e. The van der Waals surface area contributed by atoms with Crippen molar-refractivity contribution >= 4 is 12.0 Å². The van der Waals surface area contributed by atoms with Crippen molar-refractivity contribution in [2.45, 2.75) is 19.4 Å². The molecule has 0 aromatic heterocycles. The van der Waals surface area contributed by atoms with E-state index in [1.807, 2.05) is 6.92 Å². The summed E-state index contributed by atoms with van der Waals surface area (Å²) in [6.07, 6.45) is 0.691. The van der Waals surface area contributed by atoms with Crippen molar-refractivity contribution in [1.82, 2.24) is 10.6 Å². The minimum absolute atomic E-state index is 0.0382. The molecule has 0 aliphatic carbocycles. The number of hydrogen-bond donors (Lipinski definition) is 3. The molecule has 82 valence electrons. The fourth-order valence-corrected chi connectivity index (χ4v) is 0.798. The first-order chi connectivity index (χ1) is 6.56. The third-order valence-electron chi connectivity index (χ3n) is 1.53. The number of aliphatic carboxylic acids is 1. The fourth-order valence-electron chi connectivity index (χ4n) is 0.798. The van der Waals surface area contributed by atoms with Gasteiger partial charge in [-0.05, 0) is 13.3 Å². The van der Waals surface area contributed by atoms with Crippen LogP contribution in [0.3, 0.4) is 0 Å². The summed E-state index contributed by atoms with van der Waals surface area (Å²) in [6, 6.07) is -0.514. The van der Waals surface area contributed by atoms with E-state index in [0.717, 1.165) is 0 Å². The van der Waals surface area contributed by atoms with Gasteiger partial charge < -0.3 is 20.5 Å². The van der Waals surface area contributed by atoms with Gasteiger partial charge in [0.25, 0.3) is 0 Å². The molecule has 0 aromatic carbocycles. The topological polar surface area (TPSA) is 87.7 Å². The van der Waals surface area contributed by atoms with E-state index in [1.54, 1.807) is 7.11 Å². The minimum atomic E-state index is -1.07. The fraction of sp³-hybridized carbons (Fsp3) is 0.750. The van der Waals surface area contributed by atoms with Crippen LogP contribution < -0.4 is 10.6 Å². The Balaban J connectivity index is 3.55. The van der Waals surface area contributed by atoms with Crippen LogP contribution in [0, 0.1) is 0 Å². The molecule has 0 saturated carbocycles. The van der Waals surface area contributed by atoms with Crippen LogP contribution in [0.25, 0.3) is 0 Å². The second-order valence-electron chi connectivity index (χ2n) is 2.90. The van der Waals surface area contributed by atoms with E-state index in [1.165, 1.54) is 0 Å². The number of amides is 2. The van der Waals surface area contributed by atoms with Gasteiger partial charge in [-0.2, -0.15) is 0 Å². The Morgan fingerprint density at radius 2 is 2.14 bits per heavy atom. The Kier molecular flexibility index (Phi) is 6.47. The molecule has 0 saturated heterocycles. The van der Waals surface area contributed by atoms with Gasteiger partial charge in [0.1, 0.15) is 6.54 Å². The molecule has 0 radical (unpaired) electrons. The Morgan fingerprint density at radius 1 is 1.50 bits per heavy atom. The Hall–Kier alpha value is -1.30. The summed E-state index contributed by atoms with van der Waals surface area (Å²) in [5.74, 6) is -1.07. The smallest absolute Gasteiger partial charge is 0.323 e. The van der Waals surface area contributed by atoms with E-state index in [0.29, 0.717) is 13.0 Å². The zero-order chi connectivity index (χ0) is 11.0. The second-order valence-corrected chi connectivity index (χ2v) is 2.90. The number of carboxylic acids is 1. The molecule has 0 aromatic rings. The van der Waals surface area contributed by atoms with Gasteiger partial charge in [0, 0.05) is 19.8 Å². The number of urea groups is 1. The molecular weight excluding hydrogens is 188 g/mol. The molecule has 2 amide bonds. The van der Waals surface area contributed by atoms with Gasteiger partial charge in [0.05, 0.1) is 0 Å². The molecule has 0 fully saturated rings. The van der Waals surface area contributed by atoms with Gasteiger partial charge in [-0.15, -0.1) is 0 Å². The average molecular weight is 204 g/mol. The minimum Gasteiger partial charge on any atom is -0.480 e. The number of methoxy groups -OCH3 is 1. The Labute approximate surface area is 82.6 Å². The molecule has 0 spiro atoms. The molecule has 3 N–H and O–H groups in total. The average Bonchev–Trinajstić information content (AvgIpc) is 2.11. The van der Waals surface area contributed by atoms with Gasteiger partial charge >= 0.3 is 12.0 Å². The number of hydrogen-bond acceptors (Lipinski definition) is 3. The number of ether oxygens (including phenoxy) is 1. The Morgan fingerprint density at radius 3 is 2.64 bits per heavy atom. The first kappa shape index (κ1) is 12.7. The van der Waals surface area contributed by atoms with Gasteiger partial charge in [-0.25, -0.2) is 4.79 Å². The number of nitrogens with one attached hydrogen (secondary N) is 2. The maximum atomic E-state index is 11.0. The molecule has 0 aliphatic heterocycles. The molecule has 0 heterocycles. The summed E-state index contributed by atoms with van der Waals surface area (Å²) in [7, 11) is 1.58. The van der Waals surface area contributed by atoms with Gasteiger partial charge in [0.2, 0.25) is 0 Å². The lowest BCUT2D eigenvalue weighted by Gasteiger charge is -2.13. The van der Waals surface area contributed by atoms with Crippen LogP contribution in [0.15, 0.2) is 0 Å². The number of carbonyl (C=O) groups excluding carboxylic acids is 1. The molecule has 6 heteroatoms. The van der Waals surface area contributed by atoms with Crippen molar-refractivity contribution in [3.63, 3.8) is 0 Å². The summed E-state index contributed by atoms with van der Waals surface area (Å²) in [5.41, 5.74) is 0. The Bertz CT molecular complexity index is 196. The summed E-state index contributed by atoms with van der Waals surface area (Å²) < 4.78 is 4.83. The van der Waals surface area contributed by atoms with Gasteiger partial charge in [0.15, 0.2) is 0 Å². The largest absolute Gasteiger partial charge is 0.480 e. The lowest BCUT2D eigenvalue weighted by atomic mass is 10.2. The SMILES string of the molecule is COCCC(C)NC(=O)NCC(=O)O. The normalized spacial score (nSPS) is 11.9. The van der Waals surface area contributed by atoms with E-state index in [9.17, 15) is 9.59 Å². The predicted molar refractivity (Wildman–Crippen MR) is 50.1 cm³/mol. The highest BCUT2D eigenvalue weighted by molar-refractivity contribution is 5.79. The molecule has 14 heavy (non-hydrogen) atoms. The zero-order valence-electron chi connectivity index (χ0n) is 8.37. The van der Waals surface area contributed by atoms with Gasteiger partial charge in [-0.3, -0.25) is 4.79 Å². The summed E-state index contributed by atoms with van der Waals surface area (Å²) >= 11 is 0. The highest BCUT2D eigenvalue weighted by Gasteiger charge is 2.07. The molecular formula is C8H16N2O4. The monoisotopic (exact) mass is 204 g/mol. The van der Waals surface area contributed by atoms with Crippen LogP contribution in [-0.4, -0.2) is 43.4 Å². The maximum absolute atomic E-state index is 11.0. The third kappa shape index (κ3) is 7.35. The molecule has 0 bridgehead atoms. The molecule has 1 atom stereocenters. The first-order valence-corrected chi connectivity index (χ1v) is 4.31. The summed E-state index contributed by atoms with van der Waals surface area (Å²) in [5, 5.41) is 13.1. The third-order valence-corrected chi connectivity index (χ3v) is 1.53. The predicted octanol–water partition coefficient (Wildman–Crippen LogP) is -0.205. The number of rotatable bonds is 6. The van der Waals surface area contributed by atoms with Crippen molar-refractivity contribution < 1.29 is 19.4 Å². The zero-order valence-corrected chi connectivity index (χ0v) is 8.37. The van der Waals surface area contributed by atoms with Crippen molar-refractivity contribution in [2.75, 3.05) is 20.3 Å². The van der Waals surface area contributed by atoms with E-state index < -0.39 is 12.0 Å². The van der Waals surface area contributed by atoms with E-state index >= 15 is 0 Å². The number of carbonyl (C=O) groups is 2. The van der Waals surface area contributed by atoms with E-state index in [2.05, 4.69) is 10.6 Å². The van der Waals surface area contributed by atoms with Crippen molar-refractivity contribution in [3.05, 3.63) is 0 Å².